The van der Waals surface area contributed by atoms with Gasteiger partial charge in [-0.3, -0.25) is 0 Å². The molecule has 2 aliphatic rings. The Bertz CT molecular complexity index is 460. The molecule has 4 atom stereocenters. The molecule has 1 aromatic carbocycles. The van der Waals surface area contributed by atoms with Crippen LogP contribution in [0.25, 0.3) is 0 Å². The molecule has 2 aliphatic carbocycles. The highest BCUT2D eigenvalue weighted by atomic mass is 16.5. The van der Waals surface area contributed by atoms with Crippen LogP contribution in [0.2, 0.25) is 0 Å². The van der Waals surface area contributed by atoms with Crippen molar-refractivity contribution >= 4 is 0 Å². The molecule has 0 spiro atoms. The molecule has 3 nitrogen and oxygen atoms in total. The van der Waals surface area contributed by atoms with Gasteiger partial charge in [0, 0.05) is 12.1 Å². The highest BCUT2D eigenvalue weighted by Gasteiger charge is 2.39. The third-order valence-electron chi connectivity index (χ3n) is 4.91. The number of methoxy groups -OCH3 is 1. The maximum Gasteiger partial charge on any atom is 0.160 e. The van der Waals surface area contributed by atoms with Gasteiger partial charge in [-0.05, 0) is 55.7 Å². The topological polar surface area (TPSA) is 41.5 Å². The van der Waals surface area contributed by atoms with Crippen molar-refractivity contribution in [1.29, 1.82) is 0 Å². The Morgan fingerprint density at radius 1 is 1.32 bits per heavy atom. The summed E-state index contributed by atoms with van der Waals surface area (Å²) >= 11 is 0. The number of hydrogen-bond acceptors (Lipinski definition) is 3. The Kier molecular flexibility index (Phi) is 3.40. The fourth-order valence-corrected chi connectivity index (χ4v) is 3.83. The lowest BCUT2D eigenvalue weighted by Gasteiger charge is -2.27. The molecular formula is C16H23NO2. The van der Waals surface area contributed by atoms with Crippen molar-refractivity contribution in [1.82, 2.24) is 5.32 Å². The molecule has 0 heterocycles. The first-order chi connectivity index (χ1) is 9.17. The highest BCUT2D eigenvalue weighted by Crippen LogP contribution is 2.45. The van der Waals surface area contributed by atoms with Gasteiger partial charge in [0.1, 0.15) is 0 Å². The molecule has 2 N–H and O–H groups in total. The quantitative estimate of drug-likeness (QED) is 0.874. The van der Waals surface area contributed by atoms with E-state index in [2.05, 4.69) is 12.2 Å². The van der Waals surface area contributed by atoms with Gasteiger partial charge < -0.3 is 15.2 Å². The van der Waals surface area contributed by atoms with E-state index in [1.54, 1.807) is 13.2 Å². The van der Waals surface area contributed by atoms with Crippen molar-refractivity contribution in [3.05, 3.63) is 23.8 Å². The lowest BCUT2D eigenvalue weighted by atomic mass is 9.94. The first-order valence-electron chi connectivity index (χ1n) is 7.30. The minimum Gasteiger partial charge on any atom is -0.504 e. The summed E-state index contributed by atoms with van der Waals surface area (Å²) in [6.07, 6.45) is 5.59. The summed E-state index contributed by atoms with van der Waals surface area (Å²) in [6, 6.07) is 6.60. The van der Waals surface area contributed by atoms with E-state index in [1.807, 2.05) is 12.1 Å². The molecule has 19 heavy (non-hydrogen) atoms. The van der Waals surface area contributed by atoms with Gasteiger partial charge in [0.05, 0.1) is 7.11 Å². The van der Waals surface area contributed by atoms with Crippen molar-refractivity contribution in [2.24, 2.45) is 11.8 Å². The Morgan fingerprint density at radius 2 is 2.16 bits per heavy atom. The van der Waals surface area contributed by atoms with Crippen LogP contribution in [0.4, 0.5) is 0 Å². The van der Waals surface area contributed by atoms with E-state index in [4.69, 9.17) is 4.74 Å². The average Bonchev–Trinajstić information content (AvgIpc) is 3.01. The van der Waals surface area contributed by atoms with Gasteiger partial charge in [-0.25, -0.2) is 0 Å². The monoisotopic (exact) mass is 261 g/mol. The zero-order valence-electron chi connectivity index (χ0n) is 11.7. The molecule has 0 aromatic heterocycles. The van der Waals surface area contributed by atoms with Crippen LogP contribution < -0.4 is 10.1 Å². The smallest absolute Gasteiger partial charge is 0.160 e. The van der Waals surface area contributed by atoms with Gasteiger partial charge in [0.15, 0.2) is 11.5 Å². The summed E-state index contributed by atoms with van der Waals surface area (Å²) in [5.41, 5.74) is 1.18. The van der Waals surface area contributed by atoms with E-state index < -0.39 is 0 Å². The SMILES string of the molecule is COc1cc(C(C)NC2CC3CCC2C3)ccc1O. The number of phenolic OH excluding ortho intramolecular Hbond substituents is 1. The van der Waals surface area contributed by atoms with Crippen LogP contribution >= 0.6 is 0 Å². The van der Waals surface area contributed by atoms with E-state index in [1.165, 1.54) is 31.2 Å². The van der Waals surface area contributed by atoms with Crippen LogP contribution in [0.15, 0.2) is 18.2 Å². The summed E-state index contributed by atoms with van der Waals surface area (Å²) in [5, 5.41) is 13.4. The second-order valence-electron chi connectivity index (χ2n) is 6.10. The molecule has 0 radical (unpaired) electrons. The van der Waals surface area contributed by atoms with Gasteiger partial charge in [-0.15, -0.1) is 0 Å². The predicted molar refractivity (Wildman–Crippen MR) is 75.4 cm³/mol. The number of aromatic hydroxyl groups is 1. The zero-order valence-corrected chi connectivity index (χ0v) is 11.7. The molecule has 4 unspecified atom stereocenters. The first kappa shape index (κ1) is 12.8. The number of benzene rings is 1. The van der Waals surface area contributed by atoms with Gasteiger partial charge in [0.2, 0.25) is 0 Å². The molecular weight excluding hydrogens is 238 g/mol. The standard InChI is InChI=1S/C16H23NO2/c1-10(12-5-6-15(18)16(9-12)19-2)17-14-8-11-3-4-13(14)7-11/h5-6,9-11,13-14,17-18H,3-4,7-8H2,1-2H3. The molecule has 2 fully saturated rings. The lowest BCUT2D eigenvalue weighted by molar-refractivity contribution is 0.325. The van der Waals surface area contributed by atoms with Crippen molar-refractivity contribution in [2.75, 3.05) is 7.11 Å². The summed E-state index contributed by atoms with van der Waals surface area (Å²) in [6.45, 7) is 2.19. The zero-order chi connectivity index (χ0) is 13.4. The largest absolute Gasteiger partial charge is 0.504 e. The Hall–Kier alpha value is -1.22. The Morgan fingerprint density at radius 3 is 2.79 bits per heavy atom. The molecule has 1 aromatic rings. The van der Waals surface area contributed by atoms with Crippen LogP contribution in [-0.2, 0) is 0 Å². The maximum atomic E-state index is 9.64. The van der Waals surface area contributed by atoms with Gasteiger partial charge in [0.25, 0.3) is 0 Å². The molecule has 3 rings (SSSR count). The molecule has 0 amide bonds. The third kappa shape index (κ3) is 2.44. The van der Waals surface area contributed by atoms with Crippen molar-refractivity contribution in [3.8, 4) is 11.5 Å². The Labute approximate surface area is 115 Å². The minimum atomic E-state index is 0.207. The van der Waals surface area contributed by atoms with E-state index >= 15 is 0 Å². The van der Waals surface area contributed by atoms with Crippen LogP contribution in [0.1, 0.15) is 44.2 Å². The van der Waals surface area contributed by atoms with Crippen LogP contribution in [0.3, 0.4) is 0 Å². The van der Waals surface area contributed by atoms with E-state index in [0.717, 1.165) is 11.8 Å². The van der Waals surface area contributed by atoms with Crippen LogP contribution in [0.5, 0.6) is 11.5 Å². The fourth-order valence-electron chi connectivity index (χ4n) is 3.83. The maximum absolute atomic E-state index is 9.64. The molecule has 3 heteroatoms. The molecule has 0 aliphatic heterocycles. The van der Waals surface area contributed by atoms with Gasteiger partial charge in [-0.1, -0.05) is 12.5 Å². The third-order valence-corrected chi connectivity index (χ3v) is 4.91. The average molecular weight is 261 g/mol. The summed E-state index contributed by atoms with van der Waals surface area (Å²) in [5.74, 6) is 2.60. The summed E-state index contributed by atoms with van der Waals surface area (Å²) in [7, 11) is 1.59. The summed E-state index contributed by atoms with van der Waals surface area (Å²) in [4.78, 5) is 0. The number of phenols is 1. The lowest BCUT2D eigenvalue weighted by Crippen LogP contribution is -2.35. The molecule has 0 saturated heterocycles. The first-order valence-corrected chi connectivity index (χ1v) is 7.30. The van der Waals surface area contributed by atoms with Gasteiger partial charge in [-0.2, -0.15) is 0 Å². The molecule has 104 valence electrons. The minimum absolute atomic E-state index is 0.207. The fraction of sp³-hybridized carbons (Fsp3) is 0.625. The van der Waals surface area contributed by atoms with Gasteiger partial charge >= 0.3 is 0 Å². The number of rotatable bonds is 4. The van der Waals surface area contributed by atoms with E-state index in [0.29, 0.717) is 17.8 Å². The number of nitrogens with one attached hydrogen (secondary N) is 1. The number of fused-ring (bicyclic) bond motifs is 2. The summed E-state index contributed by atoms with van der Waals surface area (Å²) < 4.78 is 5.18. The molecule has 2 bridgehead atoms. The normalized spacial score (nSPS) is 30.5. The number of ether oxygens (including phenoxy) is 1. The second-order valence-corrected chi connectivity index (χ2v) is 6.10. The van der Waals surface area contributed by atoms with Crippen LogP contribution in [-0.4, -0.2) is 18.3 Å². The predicted octanol–water partition coefficient (Wildman–Crippen LogP) is 3.24. The second kappa shape index (κ2) is 5.04. The van der Waals surface area contributed by atoms with E-state index in [-0.39, 0.29) is 5.75 Å². The highest BCUT2D eigenvalue weighted by molar-refractivity contribution is 5.42. The number of hydrogen-bond donors (Lipinski definition) is 2. The Balaban J connectivity index is 1.68. The van der Waals surface area contributed by atoms with Crippen molar-refractivity contribution in [3.63, 3.8) is 0 Å². The van der Waals surface area contributed by atoms with Crippen molar-refractivity contribution in [2.45, 2.75) is 44.7 Å². The van der Waals surface area contributed by atoms with Crippen molar-refractivity contribution < 1.29 is 9.84 Å². The van der Waals surface area contributed by atoms with E-state index in [9.17, 15) is 5.11 Å². The van der Waals surface area contributed by atoms with Crippen LogP contribution in [0, 0.1) is 11.8 Å². The molecule has 2 saturated carbocycles.